The van der Waals surface area contributed by atoms with Gasteiger partial charge in [-0.25, -0.2) is 8.42 Å². The molecule has 0 N–H and O–H groups in total. The second-order valence-corrected chi connectivity index (χ2v) is 8.50. The van der Waals surface area contributed by atoms with Crippen molar-refractivity contribution in [2.45, 2.75) is 18.2 Å². The van der Waals surface area contributed by atoms with Gasteiger partial charge in [-0.1, -0.05) is 6.92 Å². The molecule has 2 atom stereocenters. The topological polar surface area (TPSA) is 76.2 Å². The minimum Gasteiger partial charge on any atom is -0.493 e. The van der Waals surface area contributed by atoms with E-state index < -0.39 is 10.0 Å². The van der Waals surface area contributed by atoms with Crippen LogP contribution in [0.25, 0.3) is 0 Å². The second-order valence-electron chi connectivity index (χ2n) is 6.57. The second kappa shape index (κ2) is 6.84. The normalized spacial score (nSPS) is 24.0. The Labute approximate surface area is 148 Å². The summed E-state index contributed by atoms with van der Waals surface area (Å²) >= 11 is 0. The summed E-state index contributed by atoms with van der Waals surface area (Å²) in [5, 5.41) is 0. The van der Waals surface area contributed by atoms with E-state index in [1.165, 1.54) is 30.7 Å². The third kappa shape index (κ3) is 3.46. The Morgan fingerprint density at radius 2 is 1.68 bits per heavy atom. The molecule has 0 bridgehead atoms. The molecule has 138 valence electrons. The maximum Gasteiger partial charge on any atom is 0.243 e. The summed E-state index contributed by atoms with van der Waals surface area (Å²) in [4.78, 5) is 14.2. The molecule has 1 heterocycles. The van der Waals surface area contributed by atoms with Gasteiger partial charge in [0.25, 0.3) is 0 Å². The number of methoxy groups -OCH3 is 2. The first kappa shape index (κ1) is 18.0. The van der Waals surface area contributed by atoms with Gasteiger partial charge in [0.1, 0.15) is 0 Å². The first-order valence-corrected chi connectivity index (χ1v) is 9.83. The summed E-state index contributed by atoms with van der Waals surface area (Å²) in [6.45, 7) is 3.57. The molecule has 1 aliphatic heterocycles. The molecule has 0 aromatic heterocycles. The van der Waals surface area contributed by atoms with Crippen molar-refractivity contribution >= 4 is 15.9 Å². The number of carbonyl (C=O) groups is 1. The smallest absolute Gasteiger partial charge is 0.243 e. The van der Waals surface area contributed by atoms with Gasteiger partial charge in [0, 0.05) is 38.2 Å². The molecule has 25 heavy (non-hydrogen) atoms. The van der Waals surface area contributed by atoms with E-state index in [0.29, 0.717) is 43.6 Å². The number of piperazine rings is 1. The van der Waals surface area contributed by atoms with Crippen LogP contribution in [0.1, 0.15) is 13.3 Å². The number of carbonyl (C=O) groups excluding carboxylic acids is 1. The van der Waals surface area contributed by atoms with Crippen molar-refractivity contribution in [3.8, 4) is 11.5 Å². The number of nitrogens with zero attached hydrogens (tertiary/aromatic N) is 2. The van der Waals surface area contributed by atoms with Crippen LogP contribution in [0, 0.1) is 11.8 Å². The van der Waals surface area contributed by atoms with E-state index in [9.17, 15) is 13.2 Å². The third-order valence-corrected chi connectivity index (χ3v) is 6.86. The van der Waals surface area contributed by atoms with Crippen molar-refractivity contribution in [2.75, 3.05) is 40.4 Å². The van der Waals surface area contributed by atoms with E-state index in [0.717, 1.165) is 6.42 Å². The van der Waals surface area contributed by atoms with Gasteiger partial charge in [-0.2, -0.15) is 4.31 Å². The summed E-state index contributed by atoms with van der Waals surface area (Å²) in [6, 6.07) is 4.57. The van der Waals surface area contributed by atoms with E-state index in [1.807, 2.05) is 0 Å². The lowest BCUT2D eigenvalue weighted by molar-refractivity contribution is -0.134. The molecule has 0 spiro atoms. The quantitative estimate of drug-likeness (QED) is 0.780. The molecule has 1 aromatic rings. The largest absolute Gasteiger partial charge is 0.493 e. The predicted molar refractivity (Wildman–Crippen MR) is 92.2 cm³/mol. The lowest BCUT2D eigenvalue weighted by Gasteiger charge is -2.34. The van der Waals surface area contributed by atoms with Crippen molar-refractivity contribution in [3.05, 3.63) is 18.2 Å². The minimum atomic E-state index is -3.62. The molecule has 3 rings (SSSR count). The van der Waals surface area contributed by atoms with Crippen LogP contribution in [0.3, 0.4) is 0 Å². The highest BCUT2D eigenvalue weighted by Crippen LogP contribution is 2.39. The lowest BCUT2D eigenvalue weighted by Crippen LogP contribution is -2.51. The summed E-state index contributed by atoms with van der Waals surface area (Å²) in [5.74, 6) is 1.61. The summed E-state index contributed by atoms with van der Waals surface area (Å²) in [5.41, 5.74) is 0. The average molecular weight is 368 g/mol. The number of benzene rings is 1. The molecule has 7 nitrogen and oxygen atoms in total. The van der Waals surface area contributed by atoms with Crippen molar-refractivity contribution in [1.82, 2.24) is 9.21 Å². The minimum absolute atomic E-state index is 0.133. The number of sulfonamides is 1. The molecular weight excluding hydrogens is 344 g/mol. The summed E-state index contributed by atoms with van der Waals surface area (Å²) in [7, 11) is -0.652. The van der Waals surface area contributed by atoms with Crippen LogP contribution in [-0.4, -0.2) is 63.9 Å². The zero-order valence-electron chi connectivity index (χ0n) is 14.8. The number of ether oxygens (including phenoxy) is 2. The van der Waals surface area contributed by atoms with E-state index in [-0.39, 0.29) is 16.7 Å². The standard InChI is InChI=1S/C17H24N2O5S/c1-12-10-14(12)17(20)18-6-8-19(9-7-18)25(21,22)13-4-5-15(23-2)16(11-13)24-3/h4-5,11-12,14H,6-10H2,1-3H3/t12-,14+/m1/s1. The Balaban J connectivity index is 1.70. The molecule has 1 amide bonds. The van der Waals surface area contributed by atoms with Crippen molar-refractivity contribution < 1.29 is 22.7 Å². The zero-order valence-corrected chi connectivity index (χ0v) is 15.6. The molecule has 1 saturated carbocycles. The Kier molecular flexibility index (Phi) is 4.92. The number of amides is 1. The van der Waals surface area contributed by atoms with Crippen LogP contribution in [0.5, 0.6) is 11.5 Å². The molecular formula is C17H24N2O5S. The van der Waals surface area contributed by atoms with Gasteiger partial charge in [0.15, 0.2) is 11.5 Å². The Bertz CT molecular complexity index is 756. The fraction of sp³-hybridized carbons (Fsp3) is 0.588. The van der Waals surface area contributed by atoms with Gasteiger partial charge >= 0.3 is 0 Å². The van der Waals surface area contributed by atoms with Crippen LogP contribution in [0.4, 0.5) is 0 Å². The fourth-order valence-electron chi connectivity index (χ4n) is 3.18. The molecule has 1 aromatic carbocycles. The maximum atomic E-state index is 12.9. The molecule has 0 radical (unpaired) electrons. The molecule has 8 heteroatoms. The van der Waals surface area contributed by atoms with Gasteiger partial charge in [0.2, 0.25) is 15.9 Å². The van der Waals surface area contributed by atoms with Gasteiger partial charge in [-0.3, -0.25) is 4.79 Å². The Hall–Kier alpha value is -1.80. The molecule has 2 aliphatic rings. The Morgan fingerprint density at radius 3 is 2.20 bits per heavy atom. The van der Waals surface area contributed by atoms with E-state index in [4.69, 9.17) is 9.47 Å². The maximum absolute atomic E-state index is 12.9. The molecule has 0 unspecified atom stereocenters. The van der Waals surface area contributed by atoms with Gasteiger partial charge < -0.3 is 14.4 Å². The highest BCUT2D eigenvalue weighted by Gasteiger charge is 2.42. The van der Waals surface area contributed by atoms with Crippen molar-refractivity contribution in [3.63, 3.8) is 0 Å². The van der Waals surface area contributed by atoms with Crippen molar-refractivity contribution in [1.29, 1.82) is 0 Å². The first-order chi connectivity index (χ1) is 11.9. The number of hydrogen-bond donors (Lipinski definition) is 0. The van der Waals surface area contributed by atoms with Crippen LogP contribution in [-0.2, 0) is 14.8 Å². The highest BCUT2D eigenvalue weighted by atomic mass is 32.2. The SMILES string of the molecule is COc1ccc(S(=O)(=O)N2CCN(C(=O)[C@H]3C[C@H]3C)CC2)cc1OC. The lowest BCUT2D eigenvalue weighted by atomic mass is 10.2. The van der Waals surface area contributed by atoms with Crippen molar-refractivity contribution in [2.24, 2.45) is 11.8 Å². The van der Waals surface area contributed by atoms with Crippen LogP contribution < -0.4 is 9.47 Å². The summed E-state index contributed by atoms with van der Waals surface area (Å²) in [6.07, 6.45) is 0.947. The fourth-order valence-corrected chi connectivity index (χ4v) is 4.61. The average Bonchev–Trinajstić information content (AvgIpc) is 3.37. The van der Waals surface area contributed by atoms with E-state index in [2.05, 4.69) is 6.92 Å². The molecule has 2 fully saturated rings. The third-order valence-electron chi connectivity index (χ3n) is 4.97. The van der Waals surface area contributed by atoms with Crippen LogP contribution >= 0.6 is 0 Å². The number of hydrogen-bond acceptors (Lipinski definition) is 5. The predicted octanol–water partition coefficient (Wildman–Crippen LogP) is 1.19. The Morgan fingerprint density at radius 1 is 1.08 bits per heavy atom. The molecule has 1 aliphatic carbocycles. The van der Waals surface area contributed by atoms with E-state index >= 15 is 0 Å². The highest BCUT2D eigenvalue weighted by molar-refractivity contribution is 7.89. The zero-order chi connectivity index (χ0) is 18.2. The first-order valence-electron chi connectivity index (χ1n) is 8.39. The molecule has 1 saturated heterocycles. The number of rotatable bonds is 5. The monoisotopic (exact) mass is 368 g/mol. The van der Waals surface area contributed by atoms with Gasteiger partial charge in [-0.05, 0) is 24.5 Å². The summed E-state index contributed by atoms with van der Waals surface area (Å²) < 4.78 is 37.5. The van der Waals surface area contributed by atoms with Gasteiger partial charge in [0.05, 0.1) is 19.1 Å². The van der Waals surface area contributed by atoms with Gasteiger partial charge in [-0.15, -0.1) is 0 Å². The van der Waals surface area contributed by atoms with E-state index in [1.54, 1.807) is 11.0 Å². The van der Waals surface area contributed by atoms with Crippen LogP contribution in [0.15, 0.2) is 23.1 Å². The van der Waals surface area contributed by atoms with Crippen LogP contribution in [0.2, 0.25) is 0 Å².